The van der Waals surface area contributed by atoms with Gasteiger partial charge in [-0.3, -0.25) is 0 Å². The first-order chi connectivity index (χ1) is 11.3. The van der Waals surface area contributed by atoms with Crippen LogP contribution in [0.15, 0.2) is 23.1 Å². The van der Waals surface area contributed by atoms with E-state index in [1.807, 2.05) is 7.05 Å². The maximum absolute atomic E-state index is 13.1. The number of piperidine rings is 2. The topological polar surface area (TPSA) is 60.9 Å². The quantitative estimate of drug-likeness (QED) is 0.882. The van der Waals surface area contributed by atoms with E-state index in [0.717, 1.165) is 19.4 Å². The summed E-state index contributed by atoms with van der Waals surface area (Å²) in [5, 5.41) is 10.5. The minimum absolute atomic E-state index is 0.0624. The second-order valence-corrected chi connectivity index (χ2v) is 9.49. The van der Waals surface area contributed by atoms with Crippen LogP contribution in [0, 0.1) is 12.3 Å². The third-order valence-corrected chi connectivity index (χ3v) is 7.99. The van der Waals surface area contributed by atoms with E-state index >= 15 is 0 Å². The number of aliphatic hydroxyl groups excluding tert-OH is 1. The number of likely N-dealkylation sites (N-methyl/N-ethyl adjacent to an activating group) is 1. The molecule has 1 N–H and O–H groups in total. The van der Waals surface area contributed by atoms with Crippen LogP contribution in [-0.2, 0) is 10.0 Å². The van der Waals surface area contributed by atoms with Crippen LogP contribution < -0.4 is 0 Å². The summed E-state index contributed by atoms with van der Waals surface area (Å²) in [6, 6.07) is 4.96. The van der Waals surface area contributed by atoms with Crippen molar-refractivity contribution in [3.05, 3.63) is 28.8 Å². The number of sulfonamides is 1. The molecule has 2 aliphatic rings. The van der Waals surface area contributed by atoms with E-state index in [1.165, 1.54) is 0 Å². The van der Waals surface area contributed by atoms with E-state index in [2.05, 4.69) is 4.90 Å². The molecule has 2 atom stereocenters. The van der Waals surface area contributed by atoms with E-state index < -0.39 is 10.0 Å². The monoisotopic (exact) mass is 372 g/mol. The first kappa shape index (κ1) is 18.1. The van der Waals surface area contributed by atoms with Gasteiger partial charge in [0.1, 0.15) is 0 Å². The summed E-state index contributed by atoms with van der Waals surface area (Å²) >= 11 is 5.96. The van der Waals surface area contributed by atoms with Crippen molar-refractivity contribution in [2.45, 2.75) is 37.1 Å². The van der Waals surface area contributed by atoms with Crippen LogP contribution in [0.1, 0.15) is 24.8 Å². The predicted molar refractivity (Wildman–Crippen MR) is 94.7 cm³/mol. The molecular formula is C17H25ClN2O3S. The number of hydrogen-bond donors (Lipinski definition) is 1. The molecule has 2 heterocycles. The summed E-state index contributed by atoms with van der Waals surface area (Å²) in [4.78, 5) is 2.53. The number of nitrogens with zero attached hydrogens (tertiary/aromatic N) is 2. The second kappa shape index (κ2) is 6.57. The van der Waals surface area contributed by atoms with Crippen molar-refractivity contribution in [1.82, 2.24) is 9.21 Å². The standard InChI is InChI=1S/C17H25ClN2O3S/c1-13-10-14(18)4-5-15(13)24(22,23)20-9-7-17(12-21)6-3-8-19(2)16(17)11-20/h4-5,10,16,21H,3,6-9,11-12H2,1-2H3/t16-,17-/m1/s1. The van der Waals surface area contributed by atoms with Gasteiger partial charge in [0.05, 0.1) is 11.5 Å². The Balaban J connectivity index is 1.91. The molecule has 0 radical (unpaired) electrons. The molecule has 0 bridgehead atoms. The van der Waals surface area contributed by atoms with Crippen LogP contribution in [-0.4, -0.2) is 62.1 Å². The Hall–Kier alpha value is -0.660. The van der Waals surface area contributed by atoms with Gasteiger partial charge in [0.25, 0.3) is 0 Å². The summed E-state index contributed by atoms with van der Waals surface area (Å²) in [5.74, 6) is 0. The van der Waals surface area contributed by atoms with Gasteiger partial charge in [-0.25, -0.2) is 8.42 Å². The lowest BCUT2D eigenvalue weighted by Gasteiger charge is -2.53. The van der Waals surface area contributed by atoms with Gasteiger partial charge in [-0.15, -0.1) is 0 Å². The van der Waals surface area contributed by atoms with E-state index in [9.17, 15) is 13.5 Å². The highest BCUT2D eigenvalue weighted by atomic mass is 35.5. The Bertz CT molecular complexity index is 725. The van der Waals surface area contributed by atoms with E-state index in [-0.39, 0.29) is 18.1 Å². The van der Waals surface area contributed by atoms with Crippen molar-refractivity contribution >= 4 is 21.6 Å². The normalized spacial score (nSPS) is 29.4. The Morgan fingerprint density at radius 3 is 2.75 bits per heavy atom. The van der Waals surface area contributed by atoms with E-state index in [0.29, 0.717) is 35.0 Å². The number of hydrogen-bond acceptors (Lipinski definition) is 4. The van der Waals surface area contributed by atoms with Crippen molar-refractivity contribution < 1.29 is 13.5 Å². The molecule has 1 aromatic carbocycles. The molecule has 3 rings (SSSR count). The molecule has 0 saturated carbocycles. The second-order valence-electron chi connectivity index (χ2n) is 7.14. The summed E-state index contributed by atoms with van der Waals surface area (Å²) in [6.45, 7) is 3.72. The van der Waals surface area contributed by atoms with Gasteiger partial charge < -0.3 is 10.0 Å². The fourth-order valence-electron chi connectivity index (χ4n) is 4.25. The van der Waals surface area contributed by atoms with Crippen LogP contribution in [0.3, 0.4) is 0 Å². The Morgan fingerprint density at radius 1 is 1.33 bits per heavy atom. The molecule has 1 aromatic rings. The minimum atomic E-state index is -3.55. The maximum Gasteiger partial charge on any atom is 0.243 e. The fraction of sp³-hybridized carbons (Fsp3) is 0.647. The van der Waals surface area contributed by atoms with E-state index in [4.69, 9.17) is 11.6 Å². The molecule has 2 fully saturated rings. The van der Waals surface area contributed by atoms with Crippen molar-refractivity contribution in [2.75, 3.05) is 33.3 Å². The molecule has 0 spiro atoms. The van der Waals surface area contributed by atoms with Gasteiger partial charge in [-0.1, -0.05) is 11.6 Å². The Labute approximate surface area is 149 Å². The number of likely N-dealkylation sites (tertiary alicyclic amines) is 1. The molecule has 7 heteroatoms. The first-order valence-corrected chi connectivity index (χ1v) is 10.2. The number of aryl methyl sites for hydroxylation is 1. The molecule has 0 unspecified atom stereocenters. The largest absolute Gasteiger partial charge is 0.396 e. The predicted octanol–water partition coefficient (Wildman–Crippen LogP) is 2.12. The number of fused-ring (bicyclic) bond motifs is 1. The van der Waals surface area contributed by atoms with Gasteiger partial charge in [0, 0.05) is 29.6 Å². The molecule has 0 aromatic heterocycles. The van der Waals surface area contributed by atoms with Crippen LogP contribution >= 0.6 is 11.6 Å². The summed E-state index contributed by atoms with van der Waals surface area (Å²) < 4.78 is 27.8. The molecular weight excluding hydrogens is 348 g/mol. The zero-order valence-corrected chi connectivity index (χ0v) is 15.8. The molecule has 24 heavy (non-hydrogen) atoms. The maximum atomic E-state index is 13.1. The Kier molecular flexibility index (Phi) is 4.97. The molecule has 0 amide bonds. The average molecular weight is 373 g/mol. The number of halogens is 1. The Morgan fingerprint density at radius 2 is 2.08 bits per heavy atom. The van der Waals surface area contributed by atoms with Crippen LogP contribution in [0.5, 0.6) is 0 Å². The third kappa shape index (κ3) is 2.99. The van der Waals surface area contributed by atoms with E-state index in [1.54, 1.807) is 29.4 Å². The molecule has 2 saturated heterocycles. The summed E-state index contributed by atoms with van der Waals surface area (Å²) in [5.41, 5.74) is 0.493. The van der Waals surface area contributed by atoms with Gasteiger partial charge >= 0.3 is 0 Å². The van der Waals surface area contributed by atoms with Crippen LogP contribution in [0.2, 0.25) is 5.02 Å². The SMILES string of the molecule is Cc1cc(Cl)ccc1S(=O)(=O)N1CC[C@@]2(CO)CCCN(C)[C@@H]2C1. The average Bonchev–Trinajstić information content (AvgIpc) is 2.54. The van der Waals surface area contributed by atoms with Gasteiger partial charge in [0.2, 0.25) is 10.0 Å². The fourth-order valence-corrected chi connectivity index (χ4v) is 6.13. The van der Waals surface area contributed by atoms with Gasteiger partial charge in [0.15, 0.2) is 0 Å². The van der Waals surface area contributed by atoms with Crippen molar-refractivity contribution in [1.29, 1.82) is 0 Å². The van der Waals surface area contributed by atoms with Crippen molar-refractivity contribution in [3.63, 3.8) is 0 Å². The highest BCUT2D eigenvalue weighted by molar-refractivity contribution is 7.89. The van der Waals surface area contributed by atoms with Crippen molar-refractivity contribution in [2.24, 2.45) is 5.41 Å². The highest BCUT2D eigenvalue weighted by Crippen LogP contribution is 2.42. The van der Waals surface area contributed by atoms with Gasteiger partial charge in [-0.05, 0) is 63.5 Å². The molecule has 134 valence electrons. The van der Waals surface area contributed by atoms with Crippen LogP contribution in [0.4, 0.5) is 0 Å². The molecule has 2 aliphatic heterocycles. The lowest BCUT2D eigenvalue weighted by Crippen LogP contribution is -2.62. The summed E-state index contributed by atoms with van der Waals surface area (Å²) in [6.07, 6.45) is 2.72. The zero-order chi connectivity index (χ0) is 17.5. The highest BCUT2D eigenvalue weighted by Gasteiger charge is 2.48. The minimum Gasteiger partial charge on any atom is -0.396 e. The first-order valence-electron chi connectivity index (χ1n) is 8.37. The zero-order valence-electron chi connectivity index (χ0n) is 14.2. The lowest BCUT2D eigenvalue weighted by atomic mass is 9.69. The smallest absolute Gasteiger partial charge is 0.243 e. The number of rotatable bonds is 3. The number of aliphatic hydroxyl groups is 1. The number of benzene rings is 1. The summed E-state index contributed by atoms with van der Waals surface area (Å²) in [7, 11) is -1.53. The van der Waals surface area contributed by atoms with Crippen LogP contribution in [0.25, 0.3) is 0 Å². The van der Waals surface area contributed by atoms with Gasteiger partial charge in [-0.2, -0.15) is 4.31 Å². The molecule has 5 nitrogen and oxygen atoms in total. The third-order valence-electron chi connectivity index (χ3n) is 5.73. The van der Waals surface area contributed by atoms with Crippen molar-refractivity contribution in [3.8, 4) is 0 Å². The lowest BCUT2D eigenvalue weighted by molar-refractivity contribution is -0.0508. The molecule has 0 aliphatic carbocycles.